The molecule has 1 aliphatic carbocycles. The molecular weight excluding hydrogens is 288 g/mol. The monoisotopic (exact) mass is 314 g/mol. The van der Waals surface area contributed by atoms with Gasteiger partial charge in [-0.15, -0.1) is 0 Å². The van der Waals surface area contributed by atoms with Crippen molar-refractivity contribution >= 4 is 29.4 Å². The Bertz CT molecular complexity index is 328. The molecule has 114 valence electrons. The highest BCUT2D eigenvalue weighted by Crippen LogP contribution is 2.29. The summed E-state index contributed by atoms with van der Waals surface area (Å²) in [5.41, 5.74) is 0. The Morgan fingerprint density at radius 2 is 1.65 bits per heavy atom. The molecule has 0 N–H and O–H groups in total. The van der Waals surface area contributed by atoms with Gasteiger partial charge in [0.2, 0.25) is 5.91 Å². The Morgan fingerprint density at radius 1 is 0.900 bits per heavy atom. The van der Waals surface area contributed by atoms with E-state index in [9.17, 15) is 4.79 Å². The molecule has 2 aliphatic heterocycles. The summed E-state index contributed by atoms with van der Waals surface area (Å²) >= 11 is 4.21. The first-order valence-electron chi connectivity index (χ1n) is 8.03. The zero-order valence-corrected chi connectivity index (χ0v) is 13.9. The van der Waals surface area contributed by atoms with Gasteiger partial charge < -0.3 is 4.90 Å². The molecule has 0 spiro atoms. The second-order valence-electron chi connectivity index (χ2n) is 6.15. The summed E-state index contributed by atoms with van der Waals surface area (Å²) in [6.45, 7) is 4.21. The van der Waals surface area contributed by atoms with Gasteiger partial charge in [-0.1, -0.05) is 6.42 Å². The lowest BCUT2D eigenvalue weighted by molar-refractivity contribution is -0.138. The van der Waals surface area contributed by atoms with E-state index < -0.39 is 0 Å². The van der Waals surface area contributed by atoms with Crippen molar-refractivity contribution in [3.8, 4) is 0 Å². The summed E-state index contributed by atoms with van der Waals surface area (Å²) in [5.74, 6) is 5.99. The molecular formula is C15H26N2OS2. The van der Waals surface area contributed by atoms with Crippen LogP contribution >= 0.6 is 23.5 Å². The van der Waals surface area contributed by atoms with Gasteiger partial charge in [-0.2, -0.15) is 23.5 Å². The number of carbonyl (C=O) groups excluding carboxylic acids is 1. The van der Waals surface area contributed by atoms with Crippen LogP contribution in [0.3, 0.4) is 0 Å². The first-order valence-corrected chi connectivity index (χ1v) is 10.3. The predicted octanol–water partition coefficient (Wildman–Crippen LogP) is 2.17. The number of amides is 1. The predicted molar refractivity (Wildman–Crippen MR) is 88.5 cm³/mol. The van der Waals surface area contributed by atoms with Crippen LogP contribution < -0.4 is 0 Å². The minimum Gasteiger partial charge on any atom is -0.341 e. The summed E-state index contributed by atoms with van der Waals surface area (Å²) in [6.07, 6.45) is 4.68. The van der Waals surface area contributed by atoms with Gasteiger partial charge >= 0.3 is 0 Å². The van der Waals surface area contributed by atoms with Crippen molar-refractivity contribution in [2.45, 2.75) is 31.7 Å². The summed E-state index contributed by atoms with van der Waals surface area (Å²) < 4.78 is 0. The van der Waals surface area contributed by atoms with Crippen molar-refractivity contribution < 1.29 is 4.79 Å². The van der Waals surface area contributed by atoms with E-state index in [-0.39, 0.29) is 0 Å². The van der Waals surface area contributed by atoms with E-state index in [2.05, 4.69) is 33.3 Å². The lowest BCUT2D eigenvalue weighted by Crippen LogP contribution is -2.43. The molecule has 3 aliphatic rings. The molecule has 0 unspecified atom stereocenters. The molecule has 0 aromatic rings. The highest BCUT2D eigenvalue weighted by atomic mass is 32.2. The number of thioether (sulfide) groups is 2. The van der Waals surface area contributed by atoms with Crippen LogP contribution in [0.2, 0.25) is 0 Å². The van der Waals surface area contributed by atoms with Gasteiger partial charge in [-0.25, -0.2) is 0 Å². The quantitative estimate of drug-likeness (QED) is 0.779. The van der Waals surface area contributed by atoms with Gasteiger partial charge in [-0.3, -0.25) is 9.69 Å². The zero-order chi connectivity index (χ0) is 13.8. The van der Waals surface area contributed by atoms with Crippen LogP contribution in [0.25, 0.3) is 0 Å². The third-order valence-corrected chi connectivity index (χ3v) is 7.29. The highest BCUT2D eigenvalue weighted by molar-refractivity contribution is 8.03. The molecule has 3 nitrogen and oxygen atoms in total. The van der Waals surface area contributed by atoms with Crippen molar-refractivity contribution in [3.63, 3.8) is 0 Å². The van der Waals surface area contributed by atoms with Gasteiger partial charge in [-0.05, 0) is 19.3 Å². The van der Waals surface area contributed by atoms with Crippen molar-refractivity contribution in [1.29, 1.82) is 0 Å². The fourth-order valence-corrected chi connectivity index (χ4v) is 5.88. The summed E-state index contributed by atoms with van der Waals surface area (Å²) in [6, 6.07) is 0.728. The van der Waals surface area contributed by atoms with Gasteiger partial charge in [0.15, 0.2) is 0 Å². The summed E-state index contributed by atoms with van der Waals surface area (Å²) in [4.78, 5) is 17.2. The molecule has 2 saturated heterocycles. The fourth-order valence-electron chi connectivity index (χ4n) is 3.25. The fraction of sp³-hybridized carbons (Fsp3) is 0.933. The number of carbonyl (C=O) groups is 1. The maximum Gasteiger partial charge on any atom is 0.225 e. The van der Waals surface area contributed by atoms with Crippen LogP contribution in [0.5, 0.6) is 0 Å². The Morgan fingerprint density at radius 3 is 2.30 bits per heavy atom. The molecule has 1 amide bonds. The minimum atomic E-state index is 0.366. The molecule has 5 heteroatoms. The maximum absolute atomic E-state index is 12.4. The second-order valence-corrected chi connectivity index (χ2v) is 8.45. The van der Waals surface area contributed by atoms with E-state index in [1.165, 1.54) is 36.0 Å². The molecule has 0 atom stereocenters. The van der Waals surface area contributed by atoms with Crippen LogP contribution in [0.1, 0.15) is 25.7 Å². The van der Waals surface area contributed by atoms with E-state index in [0.29, 0.717) is 11.8 Å². The van der Waals surface area contributed by atoms with E-state index >= 15 is 0 Å². The van der Waals surface area contributed by atoms with E-state index in [0.717, 1.165) is 44.9 Å². The highest BCUT2D eigenvalue weighted by Gasteiger charge is 2.31. The molecule has 0 aromatic carbocycles. The molecule has 3 fully saturated rings. The molecule has 3 rings (SSSR count). The summed E-state index contributed by atoms with van der Waals surface area (Å²) in [5, 5.41) is 0. The molecule has 0 aromatic heterocycles. The van der Waals surface area contributed by atoms with Crippen LogP contribution in [0.4, 0.5) is 0 Å². The van der Waals surface area contributed by atoms with Crippen LogP contribution in [0, 0.1) is 5.92 Å². The first kappa shape index (κ1) is 15.0. The third-order valence-electron chi connectivity index (χ3n) is 4.81. The Balaban J connectivity index is 1.51. The maximum atomic E-state index is 12.4. The van der Waals surface area contributed by atoms with Crippen molar-refractivity contribution in [2.75, 3.05) is 49.2 Å². The molecule has 0 radical (unpaired) electrons. The number of hydrogen-bond acceptors (Lipinski definition) is 4. The molecule has 2 heterocycles. The normalized spacial score (nSPS) is 27.7. The van der Waals surface area contributed by atoms with E-state index in [1.807, 2.05) is 0 Å². The Kier molecular flexibility index (Phi) is 5.57. The second kappa shape index (κ2) is 7.41. The van der Waals surface area contributed by atoms with Gasteiger partial charge in [0.05, 0.1) is 0 Å². The standard InChI is InChI=1S/C15H26N2OS2/c18-15(13-3-1-4-13)17-6-2-5-16(7-8-17)14-11-19-9-10-20-12-14/h13-14H,1-12H2. The summed E-state index contributed by atoms with van der Waals surface area (Å²) in [7, 11) is 0. The third kappa shape index (κ3) is 3.66. The average molecular weight is 315 g/mol. The van der Waals surface area contributed by atoms with Crippen molar-refractivity contribution in [3.05, 3.63) is 0 Å². The average Bonchev–Trinajstić information content (AvgIpc) is 2.79. The first-order chi connectivity index (χ1) is 9.84. The smallest absolute Gasteiger partial charge is 0.225 e. The van der Waals surface area contributed by atoms with Gasteiger partial charge in [0.25, 0.3) is 0 Å². The topological polar surface area (TPSA) is 23.6 Å². The van der Waals surface area contributed by atoms with E-state index in [4.69, 9.17) is 0 Å². The van der Waals surface area contributed by atoms with Crippen molar-refractivity contribution in [1.82, 2.24) is 9.80 Å². The lowest BCUT2D eigenvalue weighted by Gasteiger charge is -2.32. The zero-order valence-electron chi connectivity index (χ0n) is 12.3. The number of hydrogen-bond donors (Lipinski definition) is 0. The molecule has 0 bridgehead atoms. The van der Waals surface area contributed by atoms with Crippen LogP contribution in [-0.2, 0) is 4.79 Å². The minimum absolute atomic E-state index is 0.366. The number of nitrogens with zero attached hydrogens (tertiary/aromatic N) is 2. The van der Waals surface area contributed by atoms with Gasteiger partial charge in [0, 0.05) is 61.2 Å². The Hall–Kier alpha value is 0.130. The van der Waals surface area contributed by atoms with Crippen LogP contribution in [-0.4, -0.2) is 70.9 Å². The van der Waals surface area contributed by atoms with Crippen molar-refractivity contribution in [2.24, 2.45) is 5.92 Å². The van der Waals surface area contributed by atoms with Crippen LogP contribution in [0.15, 0.2) is 0 Å². The largest absolute Gasteiger partial charge is 0.341 e. The molecule has 1 saturated carbocycles. The van der Waals surface area contributed by atoms with Gasteiger partial charge in [0.1, 0.15) is 0 Å². The Labute approximate surface area is 131 Å². The SMILES string of the molecule is O=C(C1CCC1)N1CCCN(C2CSCCSC2)CC1. The lowest BCUT2D eigenvalue weighted by atomic mass is 9.84. The number of rotatable bonds is 2. The van der Waals surface area contributed by atoms with E-state index in [1.54, 1.807) is 0 Å². The molecule has 20 heavy (non-hydrogen) atoms.